The molecule has 0 saturated carbocycles. The minimum absolute atomic E-state index is 0.0453. The summed E-state index contributed by atoms with van der Waals surface area (Å²) in [5.41, 5.74) is 1.69. The first-order valence-corrected chi connectivity index (χ1v) is 9.60. The van der Waals surface area contributed by atoms with Gasteiger partial charge in [0.1, 0.15) is 0 Å². The summed E-state index contributed by atoms with van der Waals surface area (Å²) in [5.74, 6) is 0.832. The summed E-state index contributed by atoms with van der Waals surface area (Å²) in [6, 6.07) is 7.66. The van der Waals surface area contributed by atoms with Crippen molar-refractivity contribution in [3.8, 4) is 0 Å². The van der Waals surface area contributed by atoms with Gasteiger partial charge in [0.15, 0.2) is 5.96 Å². The summed E-state index contributed by atoms with van der Waals surface area (Å²) in [5, 5.41) is 6.27. The van der Waals surface area contributed by atoms with Crippen LogP contribution in [0.1, 0.15) is 35.7 Å². The Morgan fingerprint density at radius 3 is 2.67 bits per heavy atom. The summed E-state index contributed by atoms with van der Waals surface area (Å²) in [6.07, 6.45) is 3.98. The number of carbonyl (C=O) groups is 1. The van der Waals surface area contributed by atoms with E-state index in [9.17, 15) is 4.79 Å². The van der Waals surface area contributed by atoms with Gasteiger partial charge in [0.05, 0.1) is 6.54 Å². The Balaban J connectivity index is 2.70. The maximum Gasteiger partial charge on any atom is 0.251 e. The minimum atomic E-state index is -0.0453. The molecule has 0 aliphatic heterocycles. The van der Waals surface area contributed by atoms with Crippen molar-refractivity contribution in [3.05, 3.63) is 48.0 Å². The van der Waals surface area contributed by atoms with Crippen LogP contribution in [0, 0.1) is 0 Å². The van der Waals surface area contributed by atoms with Crippen LogP contribution in [0.25, 0.3) is 0 Å². The van der Waals surface area contributed by atoms with Gasteiger partial charge in [0.2, 0.25) is 0 Å². The quantitative estimate of drug-likeness (QED) is 0.271. The lowest BCUT2D eigenvalue weighted by molar-refractivity contribution is 0.0951. The van der Waals surface area contributed by atoms with Crippen molar-refractivity contribution < 1.29 is 4.79 Å². The molecular weight excluding hydrogens is 338 g/mol. The van der Waals surface area contributed by atoms with Crippen molar-refractivity contribution in [1.29, 1.82) is 0 Å². The Bertz CT molecular complexity index is 612. The second-order valence-electron chi connectivity index (χ2n) is 6.78. The molecule has 0 unspecified atom stereocenters. The standard InChI is InChI=1S/C21H35N5O/c1-6-8-9-14-26(5)21(22-7-2)24-17-18-11-10-12-19(16-18)20(27)23-13-15-25(3)4/h6,10-12,16H,1,7-9,13-15,17H2,2-5H3,(H,22,24)(H,23,27). The number of allylic oxidation sites excluding steroid dienone is 1. The summed E-state index contributed by atoms with van der Waals surface area (Å²) in [7, 11) is 6.02. The Labute approximate surface area is 164 Å². The molecule has 0 aromatic heterocycles. The molecule has 0 bridgehead atoms. The molecule has 1 rings (SSSR count). The summed E-state index contributed by atoms with van der Waals surface area (Å²) in [4.78, 5) is 21.2. The molecule has 0 heterocycles. The zero-order valence-electron chi connectivity index (χ0n) is 17.3. The third-order valence-electron chi connectivity index (χ3n) is 4.04. The molecule has 0 fully saturated rings. The maximum atomic E-state index is 12.3. The molecule has 27 heavy (non-hydrogen) atoms. The van der Waals surface area contributed by atoms with E-state index in [2.05, 4.69) is 29.0 Å². The minimum Gasteiger partial charge on any atom is -0.357 e. The van der Waals surface area contributed by atoms with Gasteiger partial charge in [-0.3, -0.25) is 4.79 Å². The van der Waals surface area contributed by atoms with Gasteiger partial charge in [-0.2, -0.15) is 0 Å². The van der Waals surface area contributed by atoms with E-state index in [1.54, 1.807) is 0 Å². The van der Waals surface area contributed by atoms with Crippen LogP contribution in [-0.2, 0) is 6.54 Å². The topological polar surface area (TPSA) is 60.0 Å². The van der Waals surface area contributed by atoms with Crippen LogP contribution < -0.4 is 10.6 Å². The highest BCUT2D eigenvalue weighted by Gasteiger charge is 2.07. The Morgan fingerprint density at radius 1 is 1.22 bits per heavy atom. The number of carbonyl (C=O) groups excluding carboxylic acids is 1. The van der Waals surface area contributed by atoms with Crippen LogP contribution in [0.5, 0.6) is 0 Å². The number of nitrogens with zero attached hydrogens (tertiary/aromatic N) is 3. The highest BCUT2D eigenvalue weighted by Crippen LogP contribution is 2.07. The van der Waals surface area contributed by atoms with E-state index in [-0.39, 0.29) is 5.91 Å². The summed E-state index contributed by atoms with van der Waals surface area (Å²) in [6.45, 7) is 9.55. The first-order valence-electron chi connectivity index (χ1n) is 9.60. The van der Waals surface area contributed by atoms with Crippen LogP contribution >= 0.6 is 0 Å². The van der Waals surface area contributed by atoms with Crippen molar-refractivity contribution in [2.24, 2.45) is 4.99 Å². The average molecular weight is 374 g/mol. The highest BCUT2D eigenvalue weighted by molar-refractivity contribution is 5.94. The van der Waals surface area contributed by atoms with E-state index in [4.69, 9.17) is 4.99 Å². The number of unbranched alkanes of at least 4 members (excludes halogenated alkanes) is 1. The third-order valence-corrected chi connectivity index (χ3v) is 4.04. The summed E-state index contributed by atoms with van der Waals surface area (Å²) >= 11 is 0. The van der Waals surface area contributed by atoms with Crippen molar-refractivity contribution in [1.82, 2.24) is 20.4 Å². The Hall–Kier alpha value is -2.34. The van der Waals surface area contributed by atoms with E-state index in [1.807, 2.05) is 56.4 Å². The zero-order chi connectivity index (χ0) is 20.1. The van der Waals surface area contributed by atoms with Crippen molar-refractivity contribution in [3.63, 3.8) is 0 Å². The fourth-order valence-corrected chi connectivity index (χ4v) is 2.52. The number of amides is 1. The fraction of sp³-hybridized carbons (Fsp3) is 0.524. The molecule has 6 nitrogen and oxygen atoms in total. The molecule has 0 atom stereocenters. The Morgan fingerprint density at radius 2 is 2.00 bits per heavy atom. The van der Waals surface area contributed by atoms with E-state index in [1.165, 1.54) is 0 Å². The lowest BCUT2D eigenvalue weighted by Gasteiger charge is -2.21. The van der Waals surface area contributed by atoms with E-state index >= 15 is 0 Å². The number of rotatable bonds is 11. The molecule has 1 aromatic carbocycles. The third kappa shape index (κ3) is 9.24. The van der Waals surface area contributed by atoms with Gasteiger partial charge in [-0.1, -0.05) is 18.2 Å². The SMILES string of the molecule is C=CCCCN(C)C(=NCc1cccc(C(=O)NCCN(C)C)c1)NCC. The number of aliphatic imine (C=N–C) groups is 1. The molecule has 0 aliphatic rings. The van der Waals surface area contributed by atoms with Crippen molar-refractivity contribution in [2.75, 3.05) is 47.3 Å². The molecule has 0 aliphatic carbocycles. The van der Waals surface area contributed by atoms with E-state index in [0.717, 1.165) is 44.0 Å². The lowest BCUT2D eigenvalue weighted by atomic mass is 10.1. The molecular formula is C21H35N5O. The second-order valence-corrected chi connectivity index (χ2v) is 6.78. The maximum absolute atomic E-state index is 12.3. The first-order chi connectivity index (χ1) is 13.0. The van der Waals surface area contributed by atoms with Crippen LogP contribution in [0.3, 0.4) is 0 Å². The number of likely N-dealkylation sites (N-methyl/N-ethyl adjacent to an activating group) is 1. The molecule has 1 amide bonds. The predicted molar refractivity (Wildman–Crippen MR) is 114 cm³/mol. The van der Waals surface area contributed by atoms with Crippen LogP contribution in [0.2, 0.25) is 0 Å². The van der Waals surface area contributed by atoms with Crippen LogP contribution in [-0.4, -0.2) is 69.0 Å². The number of guanidine groups is 1. The smallest absolute Gasteiger partial charge is 0.251 e. The first kappa shape index (κ1) is 22.7. The highest BCUT2D eigenvalue weighted by atomic mass is 16.1. The number of hydrogen-bond acceptors (Lipinski definition) is 3. The second kappa shape index (κ2) is 12.9. The van der Waals surface area contributed by atoms with Gasteiger partial charge in [-0.25, -0.2) is 4.99 Å². The van der Waals surface area contributed by atoms with Crippen molar-refractivity contribution in [2.45, 2.75) is 26.3 Å². The zero-order valence-corrected chi connectivity index (χ0v) is 17.3. The van der Waals surface area contributed by atoms with E-state index < -0.39 is 0 Å². The normalized spacial score (nSPS) is 11.4. The molecule has 0 saturated heterocycles. The fourth-order valence-electron chi connectivity index (χ4n) is 2.52. The van der Waals surface area contributed by atoms with Crippen LogP contribution in [0.4, 0.5) is 0 Å². The largest absolute Gasteiger partial charge is 0.357 e. The number of benzene rings is 1. The van der Waals surface area contributed by atoms with E-state index in [0.29, 0.717) is 18.7 Å². The van der Waals surface area contributed by atoms with Gasteiger partial charge >= 0.3 is 0 Å². The van der Waals surface area contributed by atoms with Gasteiger partial charge in [0, 0.05) is 38.8 Å². The monoisotopic (exact) mass is 373 g/mol. The average Bonchev–Trinajstić information content (AvgIpc) is 2.65. The molecule has 2 N–H and O–H groups in total. The predicted octanol–water partition coefficient (Wildman–Crippen LogP) is 2.34. The van der Waals surface area contributed by atoms with Gasteiger partial charge < -0.3 is 20.4 Å². The molecule has 0 radical (unpaired) electrons. The number of hydrogen-bond donors (Lipinski definition) is 2. The van der Waals surface area contributed by atoms with Crippen LogP contribution in [0.15, 0.2) is 41.9 Å². The van der Waals surface area contributed by atoms with Crippen molar-refractivity contribution >= 4 is 11.9 Å². The summed E-state index contributed by atoms with van der Waals surface area (Å²) < 4.78 is 0. The molecule has 0 spiro atoms. The lowest BCUT2D eigenvalue weighted by Crippen LogP contribution is -2.39. The van der Waals surface area contributed by atoms with Gasteiger partial charge in [-0.15, -0.1) is 6.58 Å². The molecule has 1 aromatic rings. The molecule has 150 valence electrons. The van der Waals surface area contributed by atoms with Gasteiger partial charge in [0.25, 0.3) is 5.91 Å². The Kier molecular flexibility index (Phi) is 10.9. The number of nitrogens with one attached hydrogen (secondary N) is 2. The van der Waals surface area contributed by atoms with Gasteiger partial charge in [-0.05, 0) is 51.6 Å². The molecule has 6 heteroatoms.